The van der Waals surface area contributed by atoms with Crippen LogP contribution >= 0.6 is 0 Å². The average Bonchev–Trinajstić information content (AvgIpc) is 1.88. The molecule has 0 fully saturated rings. The number of benzene rings is 1. The zero-order chi connectivity index (χ0) is 8.69. The molecule has 0 unspecified atom stereocenters. The molecular weight excluding hydrogens is 147 g/mol. The third-order valence-electron chi connectivity index (χ3n) is 0.980. The van der Waals surface area contributed by atoms with Gasteiger partial charge < -0.3 is 5.11 Å². The third-order valence-corrected chi connectivity index (χ3v) is 0.980. The summed E-state index contributed by atoms with van der Waals surface area (Å²) in [6.45, 7) is 1.61. The largest absolute Gasteiger partial charge is 0.483 e. The fourth-order valence-corrected chi connectivity index (χ4v) is 0.606. The minimum absolute atomic E-state index is 0.162. The summed E-state index contributed by atoms with van der Waals surface area (Å²) in [6, 6.07) is 6.50. The topological polar surface area (TPSA) is 37.3 Å². The Kier molecular flexibility index (Phi) is 4.73. The molecule has 0 amide bonds. The summed E-state index contributed by atoms with van der Waals surface area (Å²) >= 11 is 0. The highest BCUT2D eigenvalue weighted by atomic mass is 19.1. The van der Waals surface area contributed by atoms with Crippen molar-refractivity contribution >= 4 is 6.47 Å². The Morgan fingerprint density at radius 1 is 1.55 bits per heavy atom. The number of rotatable bonds is 0. The van der Waals surface area contributed by atoms with E-state index in [0.29, 0.717) is 0 Å². The summed E-state index contributed by atoms with van der Waals surface area (Å²) < 4.78 is 12.2. The van der Waals surface area contributed by atoms with Crippen molar-refractivity contribution in [2.45, 2.75) is 6.92 Å². The van der Waals surface area contributed by atoms with Crippen molar-refractivity contribution in [1.82, 2.24) is 0 Å². The lowest BCUT2D eigenvalue weighted by Crippen LogP contribution is -1.72. The Morgan fingerprint density at radius 2 is 2.09 bits per heavy atom. The zero-order valence-corrected chi connectivity index (χ0v) is 6.12. The predicted octanol–water partition coefficient (Wildman–Crippen LogP) is 1.83. The lowest BCUT2D eigenvalue weighted by atomic mass is 10.2. The fraction of sp³-hybridized carbons (Fsp3) is 0.125. The van der Waals surface area contributed by atoms with Gasteiger partial charge in [0.15, 0.2) is 0 Å². The Hall–Kier alpha value is -1.38. The third kappa shape index (κ3) is 5.08. The molecule has 0 heterocycles. The molecule has 0 radical (unpaired) electrons. The molecule has 0 aliphatic carbocycles. The maximum atomic E-state index is 12.2. The minimum atomic E-state index is -0.250. The van der Waals surface area contributed by atoms with Crippen molar-refractivity contribution in [3.63, 3.8) is 0 Å². The van der Waals surface area contributed by atoms with Crippen molar-refractivity contribution in [3.8, 4) is 0 Å². The molecule has 0 bridgehead atoms. The number of aryl methyl sites for hydroxylation is 1. The van der Waals surface area contributed by atoms with Gasteiger partial charge in [0.2, 0.25) is 0 Å². The molecule has 0 aromatic heterocycles. The first-order chi connectivity index (χ1) is 5.20. The summed E-state index contributed by atoms with van der Waals surface area (Å²) in [5.74, 6) is -0.162. The molecule has 1 N–H and O–H groups in total. The number of hydrogen-bond acceptors (Lipinski definition) is 1. The molecule has 0 spiro atoms. The number of carboxylic acid groups (broad SMARTS) is 1. The van der Waals surface area contributed by atoms with Gasteiger partial charge in [-0.15, -0.1) is 0 Å². The second-order valence-electron chi connectivity index (χ2n) is 1.90. The van der Waals surface area contributed by atoms with Crippen molar-refractivity contribution in [2.75, 3.05) is 0 Å². The van der Waals surface area contributed by atoms with E-state index in [2.05, 4.69) is 0 Å². The van der Waals surface area contributed by atoms with E-state index >= 15 is 0 Å². The molecular formula is C8H9FO2. The van der Waals surface area contributed by atoms with Crippen LogP contribution in [-0.2, 0) is 4.79 Å². The summed E-state index contributed by atoms with van der Waals surface area (Å²) in [6.07, 6.45) is 0. The van der Waals surface area contributed by atoms with Crippen LogP contribution in [0.4, 0.5) is 4.39 Å². The van der Waals surface area contributed by atoms with Gasteiger partial charge in [-0.3, -0.25) is 4.79 Å². The highest BCUT2D eigenvalue weighted by Gasteiger charge is 1.84. The maximum Gasteiger partial charge on any atom is 0.290 e. The van der Waals surface area contributed by atoms with Gasteiger partial charge in [0, 0.05) is 0 Å². The standard InChI is InChI=1S/C7H7F.CH2O2/c1-6-3-2-4-7(8)5-6;2-1-3/h2-5H,1H3;1H,(H,2,3). The Labute approximate surface area is 64.3 Å². The van der Waals surface area contributed by atoms with E-state index in [1.165, 1.54) is 12.1 Å². The summed E-state index contributed by atoms with van der Waals surface area (Å²) in [4.78, 5) is 8.36. The lowest BCUT2D eigenvalue weighted by molar-refractivity contribution is -0.122. The van der Waals surface area contributed by atoms with Crippen LogP contribution in [0.25, 0.3) is 0 Å². The molecule has 1 aromatic carbocycles. The first kappa shape index (κ1) is 9.62. The van der Waals surface area contributed by atoms with Gasteiger partial charge in [0.1, 0.15) is 5.82 Å². The van der Waals surface area contributed by atoms with E-state index < -0.39 is 0 Å². The van der Waals surface area contributed by atoms with E-state index in [1.807, 2.05) is 13.0 Å². The van der Waals surface area contributed by atoms with Gasteiger partial charge in [-0.2, -0.15) is 0 Å². The summed E-state index contributed by atoms with van der Waals surface area (Å²) in [5, 5.41) is 6.89. The normalized spacial score (nSPS) is 7.82. The average molecular weight is 156 g/mol. The molecule has 60 valence electrons. The quantitative estimate of drug-likeness (QED) is 0.582. The molecule has 1 rings (SSSR count). The van der Waals surface area contributed by atoms with Crippen LogP contribution < -0.4 is 0 Å². The van der Waals surface area contributed by atoms with Crippen LogP contribution in [0.2, 0.25) is 0 Å². The van der Waals surface area contributed by atoms with Crippen LogP contribution in [0.5, 0.6) is 0 Å². The van der Waals surface area contributed by atoms with E-state index in [-0.39, 0.29) is 12.3 Å². The van der Waals surface area contributed by atoms with Gasteiger partial charge in [-0.25, -0.2) is 4.39 Å². The van der Waals surface area contributed by atoms with Crippen LogP contribution in [0.15, 0.2) is 24.3 Å². The molecule has 0 saturated carbocycles. The van der Waals surface area contributed by atoms with Gasteiger partial charge in [-0.05, 0) is 24.6 Å². The fourth-order valence-electron chi connectivity index (χ4n) is 0.606. The van der Waals surface area contributed by atoms with Crippen LogP contribution in [0.3, 0.4) is 0 Å². The number of halogens is 1. The predicted molar refractivity (Wildman–Crippen MR) is 39.8 cm³/mol. The SMILES string of the molecule is Cc1cccc(F)c1.O=CO. The van der Waals surface area contributed by atoms with Gasteiger partial charge in [0.25, 0.3) is 6.47 Å². The van der Waals surface area contributed by atoms with Gasteiger partial charge in [0.05, 0.1) is 0 Å². The molecule has 3 heteroatoms. The molecule has 0 saturated heterocycles. The van der Waals surface area contributed by atoms with E-state index in [1.54, 1.807) is 6.07 Å². The van der Waals surface area contributed by atoms with Crippen molar-refractivity contribution < 1.29 is 14.3 Å². The summed E-state index contributed by atoms with van der Waals surface area (Å²) in [7, 11) is 0. The van der Waals surface area contributed by atoms with E-state index in [0.717, 1.165) is 5.56 Å². The first-order valence-corrected chi connectivity index (χ1v) is 3.00. The zero-order valence-electron chi connectivity index (χ0n) is 6.12. The lowest BCUT2D eigenvalue weighted by Gasteiger charge is -1.87. The first-order valence-electron chi connectivity index (χ1n) is 3.00. The highest BCUT2D eigenvalue weighted by molar-refractivity contribution is 5.32. The second-order valence-corrected chi connectivity index (χ2v) is 1.90. The number of carbonyl (C=O) groups is 1. The monoisotopic (exact) mass is 156 g/mol. The molecule has 0 atom stereocenters. The van der Waals surface area contributed by atoms with E-state index in [9.17, 15) is 4.39 Å². The van der Waals surface area contributed by atoms with Crippen molar-refractivity contribution in [3.05, 3.63) is 35.6 Å². The number of hydrogen-bond donors (Lipinski definition) is 1. The molecule has 2 nitrogen and oxygen atoms in total. The van der Waals surface area contributed by atoms with Crippen LogP contribution in [-0.4, -0.2) is 11.6 Å². The summed E-state index contributed by atoms with van der Waals surface area (Å²) in [5.41, 5.74) is 0.963. The molecule has 0 aliphatic heterocycles. The van der Waals surface area contributed by atoms with Crippen molar-refractivity contribution in [2.24, 2.45) is 0 Å². The maximum absolute atomic E-state index is 12.2. The van der Waals surface area contributed by atoms with E-state index in [4.69, 9.17) is 9.90 Å². The molecule has 1 aromatic rings. The molecule has 11 heavy (non-hydrogen) atoms. The Bertz CT molecular complexity index is 206. The second kappa shape index (κ2) is 5.41. The van der Waals surface area contributed by atoms with Crippen LogP contribution in [0, 0.1) is 12.7 Å². The van der Waals surface area contributed by atoms with Gasteiger partial charge in [-0.1, -0.05) is 12.1 Å². The van der Waals surface area contributed by atoms with Gasteiger partial charge >= 0.3 is 0 Å². The minimum Gasteiger partial charge on any atom is -0.483 e. The highest BCUT2D eigenvalue weighted by Crippen LogP contribution is 1.99. The molecule has 0 aliphatic rings. The smallest absolute Gasteiger partial charge is 0.290 e. The Balaban J connectivity index is 0.000000292. The van der Waals surface area contributed by atoms with Crippen molar-refractivity contribution in [1.29, 1.82) is 0 Å². The van der Waals surface area contributed by atoms with Crippen LogP contribution in [0.1, 0.15) is 5.56 Å². The Morgan fingerprint density at radius 3 is 2.36 bits per heavy atom.